The minimum atomic E-state index is 0.664. The molecule has 0 unspecified atom stereocenters. The number of nitrogens with two attached hydrogens (primary N) is 1. The highest BCUT2D eigenvalue weighted by Crippen LogP contribution is 2.25. The lowest BCUT2D eigenvalue weighted by Gasteiger charge is -2.06. The molecule has 116 valence electrons. The van der Waals surface area contributed by atoms with E-state index in [2.05, 4.69) is 34.2 Å². The smallest absolute Gasteiger partial charge is 0.0902 e. The number of anilines is 1. The molecule has 0 atom stereocenters. The Hall–Kier alpha value is -2.91. The monoisotopic (exact) mass is 331 g/mol. The topological polar surface area (TPSA) is 51.8 Å². The van der Waals surface area contributed by atoms with Crippen LogP contribution in [0.5, 0.6) is 0 Å². The molecule has 0 saturated heterocycles. The molecule has 0 amide bonds. The quantitative estimate of drug-likeness (QED) is 0.514. The zero-order chi connectivity index (χ0) is 16.5. The third kappa shape index (κ3) is 2.82. The summed E-state index contributed by atoms with van der Waals surface area (Å²) in [4.78, 5) is 9.11. The molecule has 0 aliphatic carbocycles. The Morgan fingerprint density at radius 1 is 0.708 bits per heavy atom. The Bertz CT molecular complexity index is 1010. The van der Waals surface area contributed by atoms with Crippen LogP contribution in [0.2, 0.25) is 5.02 Å². The number of fused-ring (bicyclic) bond motifs is 1. The Morgan fingerprint density at radius 2 is 1.33 bits per heavy atom. The van der Waals surface area contributed by atoms with Crippen molar-refractivity contribution in [2.45, 2.75) is 0 Å². The number of hydrogen-bond donors (Lipinski definition) is 1. The zero-order valence-electron chi connectivity index (χ0n) is 12.8. The van der Waals surface area contributed by atoms with Crippen molar-refractivity contribution in [2.75, 3.05) is 5.73 Å². The van der Waals surface area contributed by atoms with Gasteiger partial charge in [0.25, 0.3) is 0 Å². The Labute approximate surface area is 144 Å². The first kappa shape index (κ1) is 14.7. The van der Waals surface area contributed by atoms with E-state index in [1.54, 1.807) is 6.20 Å². The average molecular weight is 332 g/mol. The summed E-state index contributed by atoms with van der Waals surface area (Å²) in [6.45, 7) is 0. The van der Waals surface area contributed by atoms with Crippen LogP contribution in [0.4, 0.5) is 5.69 Å². The Kier molecular flexibility index (Phi) is 3.63. The molecule has 0 bridgehead atoms. The molecule has 4 heteroatoms. The lowest BCUT2D eigenvalue weighted by atomic mass is 10.0. The first-order valence-corrected chi connectivity index (χ1v) is 7.95. The zero-order valence-corrected chi connectivity index (χ0v) is 13.5. The summed E-state index contributed by atoms with van der Waals surface area (Å²) in [6.07, 6.45) is 1.77. The molecule has 2 N–H and O–H groups in total. The molecule has 0 spiro atoms. The first-order valence-electron chi connectivity index (χ1n) is 7.58. The van der Waals surface area contributed by atoms with E-state index in [9.17, 15) is 0 Å². The van der Waals surface area contributed by atoms with Crippen molar-refractivity contribution in [3.63, 3.8) is 0 Å². The van der Waals surface area contributed by atoms with E-state index in [1.165, 1.54) is 0 Å². The minimum absolute atomic E-state index is 0.664. The van der Waals surface area contributed by atoms with Crippen molar-refractivity contribution in [1.82, 2.24) is 9.97 Å². The lowest BCUT2D eigenvalue weighted by Crippen LogP contribution is -1.89. The van der Waals surface area contributed by atoms with E-state index < -0.39 is 0 Å². The molecule has 24 heavy (non-hydrogen) atoms. The van der Waals surface area contributed by atoms with Crippen LogP contribution in [0.25, 0.3) is 33.4 Å². The van der Waals surface area contributed by atoms with Crippen LogP contribution in [0, 0.1) is 0 Å². The Balaban J connectivity index is 1.69. The third-order valence-corrected chi connectivity index (χ3v) is 4.16. The summed E-state index contributed by atoms with van der Waals surface area (Å²) in [7, 11) is 0. The van der Waals surface area contributed by atoms with Crippen molar-refractivity contribution in [2.24, 2.45) is 0 Å². The summed E-state index contributed by atoms with van der Waals surface area (Å²) in [5, 5.41) is 0.664. The molecule has 4 aromatic rings. The number of halogens is 1. The van der Waals surface area contributed by atoms with E-state index in [1.807, 2.05) is 42.5 Å². The highest BCUT2D eigenvalue weighted by atomic mass is 35.5. The van der Waals surface area contributed by atoms with Gasteiger partial charge in [-0.1, -0.05) is 48.0 Å². The molecule has 1 heterocycles. The SMILES string of the molecule is Nc1ccc(-c2ccc(-c3cnc4cc(Cl)ccc4n3)cc2)cc1. The summed E-state index contributed by atoms with van der Waals surface area (Å²) in [5.74, 6) is 0. The summed E-state index contributed by atoms with van der Waals surface area (Å²) in [5.41, 5.74) is 12.3. The average Bonchev–Trinajstić information content (AvgIpc) is 2.62. The van der Waals surface area contributed by atoms with Gasteiger partial charge in [-0.15, -0.1) is 0 Å². The molecule has 1 aromatic heterocycles. The number of nitrogen functional groups attached to an aromatic ring is 1. The molecule has 3 nitrogen and oxygen atoms in total. The maximum atomic E-state index is 5.99. The predicted molar refractivity (Wildman–Crippen MR) is 99.8 cm³/mol. The van der Waals surface area contributed by atoms with Crippen LogP contribution < -0.4 is 5.73 Å². The van der Waals surface area contributed by atoms with Gasteiger partial charge in [-0.3, -0.25) is 4.98 Å². The minimum Gasteiger partial charge on any atom is -0.399 e. The third-order valence-electron chi connectivity index (χ3n) is 3.93. The standard InChI is InChI=1S/C20H14ClN3/c21-16-7-10-18-19(11-16)23-12-20(24-18)15-3-1-13(2-4-15)14-5-8-17(22)9-6-14/h1-12H,22H2. The highest BCUT2D eigenvalue weighted by Gasteiger charge is 2.04. The maximum absolute atomic E-state index is 5.99. The molecule has 4 rings (SSSR count). The van der Waals surface area contributed by atoms with Crippen LogP contribution in [0.1, 0.15) is 0 Å². The van der Waals surface area contributed by atoms with Crippen LogP contribution in [0.3, 0.4) is 0 Å². The van der Waals surface area contributed by atoms with Crippen molar-refractivity contribution < 1.29 is 0 Å². The van der Waals surface area contributed by atoms with Gasteiger partial charge in [-0.25, -0.2) is 4.98 Å². The molecule has 0 aliphatic rings. The second kappa shape index (κ2) is 5.95. The van der Waals surface area contributed by atoms with Gasteiger partial charge in [-0.05, 0) is 41.5 Å². The van der Waals surface area contributed by atoms with Gasteiger partial charge in [0.15, 0.2) is 0 Å². The van der Waals surface area contributed by atoms with Crippen LogP contribution in [-0.2, 0) is 0 Å². The van der Waals surface area contributed by atoms with Crippen molar-refractivity contribution in [1.29, 1.82) is 0 Å². The van der Waals surface area contributed by atoms with Crippen molar-refractivity contribution >= 4 is 28.3 Å². The van der Waals surface area contributed by atoms with Crippen molar-refractivity contribution in [3.8, 4) is 22.4 Å². The van der Waals surface area contributed by atoms with Gasteiger partial charge in [-0.2, -0.15) is 0 Å². The van der Waals surface area contributed by atoms with Gasteiger partial charge in [0.1, 0.15) is 0 Å². The summed E-state index contributed by atoms with van der Waals surface area (Å²) >= 11 is 5.99. The molecular formula is C20H14ClN3. The largest absolute Gasteiger partial charge is 0.399 e. The van der Waals surface area contributed by atoms with Gasteiger partial charge in [0, 0.05) is 16.3 Å². The van der Waals surface area contributed by atoms with Gasteiger partial charge >= 0.3 is 0 Å². The molecule has 0 fully saturated rings. The number of aromatic nitrogens is 2. The maximum Gasteiger partial charge on any atom is 0.0902 e. The van der Waals surface area contributed by atoms with E-state index >= 15 is 0 Å². The summed E-state index contributed by atoms with van der Waals surface area (Å²) < 4.78 is 0. The fourth-order valence-corrected chi connectivity index (χ4v) is 2.80. The predicted octanol–water partition coefficient (Wildman–Crippen LogP) is 5.20. The summed E-state index contributed by atoms with van der Waals surface area (Å²) in [6, 6.07) is 21.6. The second-order valence-electron chi connectivity index (χ2n) is 5.59. The van der Waals surface area contributed by atoms with E-state index in [0.29, 0.717) is 5.02 Å². The normalized spacial score (nSPS) is 10.9. The molecule has 0 radical (unpaired) electrons. The van der Waals surface area contributed by atoms with E-state index in [-0.39, 0.29) is 0 Å². The van der Waals surface area contributed by atoms with Crippen molar-refractivity contribution in [3.05, 3.63) is 77.9 Å². The fraction of sp³-hybridized carbons (Fsp3) is 0. The van der Waals surface area contributed by atoms with Crippen LogP contribution in [0.15, 0.2) is 72.9 Å². The van der Waals surface area contributed by atoms with E-state index in [0.717, 1.165) is 39.1 Å². The fourth-order valence-electron chi connectivity index (χ4n) is 2.63. The first-order chi connectivity index (χ1) is 11.7. The Morgan fingerprint density at radius 3 is 2.04 bits per heavy atom. The number of nitrogens with zero attached hydrogens (tertiary/aromatic N) is 2. The number of benzene rings is 3. The van der Waals surface area contributed by atoms with Gasteiger partial charge in [0.2, 0.25) is 0 Å². The van der Waals surface area contributed by atoms with Gasteiger partial charge in [0.05, 0.1) is 22.9 Å². The van der Waals surface area contributed by atoms with Crippen LogP contribution in [-0.4, -0.2) is 9.97 Å². The number of rotatable bonds is 2. The van der Waals surface area contributed by atoms with Crippen LogP contribution >= 0.6 is 11.6 Å². The molecule has 0 aliphatic heterocycles. The second-order valence-corrected chi connectivity index (χ2v) is 6.02. The molecule has 3 aromatic carbocycles. The number of hydrogen-bond acceptors (Lipinski definition) is 3. The highest BCUT2D eigenvalue weighted by molar-refractivity contribution is 6.31. The van der Waals surface area contributed by atoms with E-state index in [4.69, 9.17) is 17.3 Å². The van der Waals surface area contributed by atoms with Gasteiger partial charge < -0.3 is 5.73 Å². The molecular weight excluding hydrogens is 318 g/mol. The molecule has 0 saturated carbocycles. The lowest BCUT2D eigenvalue weighted by molar-refractivity contribution is 1.29.